The van der Waals surface area contributed by atoms with Gasteiger partial charge in [0, 0.05) is 17.6 Å². The van der Waals surface area contributed by atoms with E-state index in [-0.39, 0.29) is 11.4 Å². The molecule has 4 heteroatoms. The highest BCUT2D eigenvalue weighted by molar-refractivity contribution is 5.89. The maximum atomic E-state index is 12.0. The highest BCUT2D eigenvalue weighted by Crippen LogP contribution is 2.47. The van der Waals surface area contributed by atoms with Gasteiger partial charge in [0.2, 0.25) is 0 Å². The first-order valence-corrected chi connectivity index (χ1v) is 7.32. The molecule has 2 aromatic rings. The van der Waals surface area contributed by atoms with Gasteiger partial charge in [0.05, 0.1) is 11.6 Å². The van der Waals surface area contributed by atoms with Crippen LogP contribution < -0.4 is 10.6 Å². The summed E-state index contributed by atoms with van der Waals surface area (Å²) in [6.45, 7) is 0.638. The van der Waals surface area contributed by atoms with Gasteiger partial charge in [-0.3, -0.25) is 0 Å². The van der Waals surface area contributed by atoms with Gasteiger partial charge in [0.1, 0.15) is 0 Å². The third-order valence-electron chi connectivity index (χ3n) is 4.10. The molecule has 0 saturated heterocycles. The van der Waals surface area contributed by atoms with Crippen molar-refractivity contribution in [3.8, 4) is 6.07 Å². The molecule has 22 heavy (non-hydrogen) atoms. The third-order valence-corrected chi connectivity index (χ3v) is 4.10. The average Bonchev–Trinajstić information content (AvgIpc) is 3.36. The minimum atomic E-state index is -0.216. The van der Waals surface area contributed by atoms with Crippen molar-refractivity contribution in [1.82, 2.24) is 5.32 Å². The van der Waals surface area contributed by atoms with Crippen LogP contribution in [-0.4, -0.2) is 12.6 Å². The predicted octanol–water partition coefficient (Wildman–Crippen LogP) is 3.41. The number of rotatable bonds is 4. The van der Waals surface area contributed by atoms with E-state index >= 15 is 0 Å². The number of amides is 2. The Morgan fingerprint density at radius 1 is 1.09 bits per heavy atom. The molecular formula is C18H17N3O. The average molecular weight is 291 g/mol. The van der Waals surface area contributed by atoms with E-state index in [2.05, 4.69) is 28.8 Å². The van der Waals surface area contributed by atoms with Crippen LogP contribution in [0.25, 0.3) is 0 Å². The van der Waals surface area contributed by atoms with Gasteiger partial charge in [-0.15, -0.1) is 0 Å². The number of nitrogens with one attached hydrogen (secondary N) is 2. The largest absolute Gasteiger partial charge is 0.337 e. The smallest absolute Gasteiger partial charge is 0.319 e. The summed E-state index contributed by atoms with van der Waals surface area (Å²) >= 11 is 0. The quantitative estimate of drug-likeness (QED) is 0.906. The first-order chi connectivity index (χ1) is 10.7. The van der Waals surface area contributed by atoms with Gasteiger partial charge in [-0.1, -0.05) is 30.3 Å². The van der Waals surface area contributed by atoms with Gasteiger partial charge in [0.15, 0.2) is 0 Å². The Morgan fingerprint density at radius 3 is 2.36 bits per heavy atom. The minimum absolute atomic E-state index is 0.100. The monoisotopic (exact) mass is 291 g/mol. The fourth-order valence-corrected chi connectivity index (χ4v) is 2.56. The van der Waals surface area contributed by atoms with Crippen molar-refractivity contribution < 1.29 is 4.79 Å². The molecule has 0 heterocycles. The molecule has 1 aliphatic rings. The molecule has 2 amide bonds. The molecule has 0 unspecified atom stereocenters. The molecular weight excluding hydrogens is 274 g/mol. The minimum Gasteiger partial charge on any atom is -0.337 e. The summed E-state index contributed by atoms with van der Waals surface area (Å²) in [6, 6.07) is 19.0. The van der Waals surface area contributed by atoms with Crippen molar-refractivity contribution in [3.05, 3.63) is 65.7 Å². The fourth-order valence-electron chi connectivity index (χ4n) is 2.56. The molecule has 1 aliphatic carbocycles. The Hall–Kier alpha value is -2.80. The van der Waals surface area contributed by atoms with Crippen LogP contribution in [0.3, 0.4) is 0 Å². The van der Waals surface area contributed by atoms with Gasteiger partial charge < -0.3 is 10.6 Å². The molecule has 4 nitrogen and oxygen atoms in total. The first kappa shape index (κ1) is 14.2. The maximum absolute atomic E-state index is 12.0. The summed E-state index contributed by atoms with van der Waals surface area (Å²) < 4.78 is 0. The number of anilines is 1. The summed E-state index contributed by atoms with van der Waals surface area (Å²) in [5.74, 6) is 0. The SMILES string of the molecule is N#Cc1ccc(NC(=O)NCC2(c3ccccc3)CC2)cc1. The number of carbonyl (C=O) groups is 1. The lowest BCUT2D eigenvalue weighted by molar-refractivity contribution is 0.251. The Morgan fingerprint density at radius 2 is 1.77 bits per heavy atom. The van der Waals surface area contributed by atoms with Crippen LogP contribution in [0, 0.1) is 11.3 Å². The van der Waals surface area contributed by atoms with Crippen LogP contribution in [0.5, 0.6) is 0 Å². The number of nitriles is 1. The highest BCUT2D eigenvalue weighted by Gasteiger charge is 2.44. The topological polar surface area (TPSA) is 64.9 Å². The third kappa shape index (κ3) is 3.09. The van der Waals surface area contributed by atoms with Crippen molar-refractivity contribution >= 4 is 11.7 Å². The van der Waals surface area contributed by atoms with Crippen molar-refractivity contribution in [1.29, 1.82) is 5.26 Å². The number of urea groups is 1. The Bertz CT molecular complexity index is 697. The Labute approximate surface area is 129 Å². The lowest BCUT2D eigenvalue weighted by Crippen LogP contribution is -2.35. The Kier molecular flexibility index (Phi) is 3.80. The maximum Gasteiger partial charge on any atom is 0.319 e. The second-order valence-electron chi connectivity index (χ2n) is 5.64. The van der Waals surface area contributed by atoms with E-state index in [1.54, 1.807) is 24.3 Å². The van der Waals surface area contributed by atoms with Crippen LogP contribution in [0.15, 0.2) is 54.6 Å². The summed E-state index contributed by atoms with van der Waals surface area (Å²) in [5.41, 5.74) is 2.64. The lowest BCUT2D eigenvalue weighted by Gasteiger charge is -2.17. The van der Waals surface area contributed by atoms with E-state index in [0.29, 0.717) is 17.8 Å². The van der Waals surface area contributed by atoms with E-state index in [4.69, 9.17) is 5.26 Å². The number of nitrogens with zero attached hydrogens (tertiary/aromatic N) is 1. The van der Waals surface area contributed by atoms with E-state index in [9.17, 15) is 4.79 Å². The molecule has 0 atom stereocenters. The van der Waals surface area contributed by atoms with E-state index in [1.807, 2.05) is 18.2 Å². The summed E-state index contributed by atoms with van der Waals surface area (Å²) in [7, 11) is 0. The molecule has 1 saturated carbocycles. The lowest BCUT2D eigenvalue weighted by atomic mass is 9.96. The van der Waals surface area contributed by atoms with Gasteiger partial charge in [0.25, 0.3) is 0 Å². The van der Waals surface area contributed by atoms with Crippen LogP contribution in [-0.2, 0) is 5.41 Å². The fraction of sp³-hybridized carbons (Fsp3) is 0.222. The normalized spacial score (nSPS) is 14.7. The molecule has 3 rings (SSSR count). The van der Waals surface area contributed by atoms with E-state index in [1.165, 1.54) is 5.56 Å². The van der Waals surface area contributed by atoms with Gasteiger partial charge in [-0.05, 0) is 42.7 Å². The second-order valence-corrected chi connectivity index (χ2v) is 5.64. The van der Waals surface area contributed by atoms with Crippen molar-refractivity contribution in [2.75, 3.05) is 11.9 Å². The Balaban J connectivity index is 1.55. The second kappa shape index (κ2) is 5.90. The summed E-state index contributed by atoms with van der Waals surface area (Å²) in [6.07, 6.45) is 2.21. The van der Waals surface area contributed by atoms with Crippen LogP contribution >= 0.6 is 0 Å². The molecule has 2 N–H and O–H groups in total. The molecule has 0 aliphatic heterocycles. The van der Waals surface area contributed by atoms with E-state index in [0.717, 1.165) is 12.8 Å². The number of hydrogen-bond donors (Lipinski definition) is 2. The van der Waals surface area contributed by atoms with Crippen LogP contribution in [0.1, 0.15) is 24.0 Å². The molecule has 2 aromatic carbocycles. The number of hydrogen-bond acceptors (Lipinski definition) is 2. The molecule has 110 valence electrons. The number of benzene rings is 2. The molecule has 0 radical (unpaired) electrons. The molecule has 0 spiro atoms. The van der Waals surface area contributed by atoms with Crippen LogP contribution in [0.4, 0.5) is 10.5 Å². The van der Waals surface area contributed by atoms with Gasteiger partial charge >= 0.3 is 6.03 Å². The van der Waals surface area contributed by atoms with Gasteiger partial charge in [-0.25, -0.2) is 4.79 Å². The molecule has 0 aromatic heterocycles. The first-order valence-electron chi connectivity index (χ1n) is 7.32. The summed E-state index contributed by atoms with van der Waals surface area (Å²) in [5, 5.41) is 14.5. The molecule has 0 bridgehead atoms. The van der Waals surface area contributed by atoms with Gasteiger partial charge in [-0.2, -0.15) is 5.26 Å². The zero-order valence-corrected chi connectivity index (χ0v) is 12.2. The van der Waals surface area contributed by atoms with Crippen LogP contribution in [0.2, 0.25) is 0 Å². The van der Waals surface area contributed by atoms with Crippen molar-refractivity contribution in [2.24, 2.45) is 0 Å². The molecule has 1 fully saturated rings. The predicted molar refractivity (Wildman–Crippen MR) is 85.5 cm³/mol. The van der Waals surface area contributed by atoms with Crippen molar-refractivity contribution in [3.63, 3.8) is 0 Å². The van der Waals surface area contributed by atoms with Crippen molar-refractivity contribution in [2.45, 2.75) is 18.3 Å². The summed E-state index contributed by atoms with van der Waals surface area (Å²) in [4.78, 5) is 12.0. The standard InChI is InChI=1S/C18H17N3O/c19-12-14-6-8-16(9-7-14)21-17(22)20-13-18(10-11-18)15-4-2-1-3-5-15/h1-9H,10-11,13H2,(H2,20,21,22). The number of carbonyl (C=O) groups excluding carboxylic acids is 1. The zero-order valence-electron chi connectivity index (χ0n) is 12.2. The zero-order chi connectivity index (χ0) is 15.4. The van der Waals surface area contributed by atoms with E-state index < -0.39 is 0 Å². The highest BCUT2D eigenvalue weighted by atomic mass is 16.2.